The van der Waals surface area contributed by atoms with Gasteiger partial charge in [0.2, 0.25) is 0 Å². The van der Waals surface area contributed by atoms with Gasteiger partial charge in [0, 0.05) is 13.2 Å². The zero-order valence-corrected chi connectivity index (χ0v) is 6.35. The van der Waals surface area contributed by atoms with Crippen molar-refractivity contribution in [1.82, 2.24) is 0 Å². The molecule has 0 saturated carbocycles. The fraction of sp³-hybridized carbons (Fsp3) is 1.00. The summed E-state index contributed by atoms with van der Waals surface area (Å²) in [6.45, 7) is 5.55. The average Bonchev–Trinajstić information content (AvgIpc) is 1.69. The Morgan fingerprint density at radius 2 is 1.50 bits per heavy atom. The molecule has 0 aliphatic carbocycles. The highest BCUT2D eigenvalue weighted by molar-refractivity contribution is 6.17. The smallest absolute Gasteiger partial charge is 0.304 e. The van der Waals surface area contributed by atoms with Crippen LogP contribution in [0.5, 0.6) is 0 Å². The van der Waals surface area contributed by atoms with E-state index in [4.69, 9.17) is 8.85 Å². The summed E-state index contributed by atoms with van der Waals surface area (Å²) in [7, 11) is -0.589. The minimum atomic E-state index is -0.589. The number of hydrogen-bond donors (Lipinski definition) is 0. The third-order valence-corrected chi connectivity index (χ3v) is 1.72. The second-order valence-corrected chi connectivity index (χ2v) is 2.16. The van der Waals surface area contributed by atoms with E-state index in [9.17, 15) is 0 Å². The summed E-state index contributed by atoms with van der Waals surface area (Å²) in [5.74, 6) is 0. The highest BCUT2D eigenvalue weighted by Gasteiger charge is 1.79. The molecular formula is C5H16O2Si. The van der Waals surface area contributed by atoms with Crippen molar-refractivity contribution < 1.29 is 8.85 Å². The van der Waals surface area contributed by atoms with Gasteiger partial charge in [-0.25, -0.2) is 0 Å². The van der Waals surface area contributed by atoms with E-state index < -0.39 is 10.0 Å². The lowest BCUT2D eigenvalue weighted by Gasteiger charge is -1.96. The van der Waals surface area contributed by atoms with Crippen molar-refractivity contribution in [1.29, 1.82) is 0 Å². The molecule has 0 unspecified atom stereocenters. The van der Waals surface area contributed by atoms with Gasteiger partial charge >= 0.3 is 10.0 Å². The lowest BCUT2D eigenvalue weighted by Crippen LogP contribution is -2.02. The van der Waals surface area contributed by atoms with Crippen LogP contribution in [0.1, 0.15) is 21.3 Å². The molecule has 3 heteroatoms. The molecule has 0 atom stereocenters. The summed E-state index contributed by atoms with van der Waals surface area (Å²) < 4.78 is 9.98. The minimum absolute atomic E-state index is 0. The van der Waals surface area contributed by atoms with E-state index in [0.29, 0.717) is 0 Å². The van der Waals surface area contributed by atoms with Crippen LogP contribution in [0.15, 0.2) is 0 Å². The van der Waals surface area contributed by atoms with Crippen molar-refractivity contribution in [3.63, 3.8) is 0 Å². The Morgan fingerprint density at radius 3 is 1.75 bits per heavy atom. The van der Waals surface area contributed by atoms with Crippen LogP contribution in [0.3, 0.4) is 0 Å². The molecule has 0 amide bonds. The van der Waals surface area contributed by atoms with E-state index in [-0.39, 0.29) is 7.43 Å². The molecular weight excluding hydrogens is 120 g/mol. The second-order valence-electron chi connectivity index (χ2n) is 1.10. The first-order valence-electron chi connectivity index (χ1n) is 2.57. The van der Waals surface area contributed by atoms with E-state index in [0.717, 1.165) is 13.2 Å². The highest BCUT2D eigenvalue weighted by atomic mass is 28.3. The van der Waals surface area contributed by atoms with Gasteiger partial charge in [-0.3, -0.25) is 0 Å². The minimum Gasteiger partial charge on any atom is -0.399 e. The summed E-state index contributed by atoms with van der Waals surface area (Å²) in [5.41, 5.74) is 0. The van der Waals surface area contributed by atoms with Crippen molar-refractivity contribution in [3.8, 4) is 0 Å². The first kappa shape index (κ1) is 11.0. The lowest BCUT2D eigenvalue weighted by atomic mass is 10.9. The van der Waals surface area contributed by atoms with Crippen LogP contribution in [0.4, 0.5) is 0 Å². The number of rotatable bonds is 4. The molecule has 8 heavy (non-hydrogen) atoms. The number of hydrogen-bond acceptors (Lipinski definition) is 2. The van der Waals surface area contributed by atoms with Gasteiger partial charge in [-0.2, -0.15) is 0 Å². The summed E-state index contributed by atoms with van der Waals surface area (Å²) in [6.07, 6.45) is 0. The van der Waals surface area contributed by atoms with E-state index in [1.54, 1.807) is 0 Å². The standard InChI is InChI=1S/C4H12O2Si.CH4/c1-3-5-7-6-4-2;/h3-4,7H2,1-2H3;1H4. The predicted octanol–water partition coefficient (Wildman–Crippen LogP) is 0.694. The van der Waals surface area contributed by atoms with Gasteiger partial charge in [0.25, 0.3) is 0 Å². The second kappa shape index (κ2) is 10.2. The van der Waals surface area contributed by atoms with Crippen LogP contribution in [0, 0.1) is 0 Å². The van der Waals surface area contributed by atoms with Gasteiger partial charge in [0.1, 0.15) is 0 Å². The molecule has 0 aromatic carbocycles. The van der Waals surface area contributed by atoms with Crippen molar-refractivity contribution in [2.24, 2.45) is 0 Å². The van der Waals surface area contributed by atoms with Gasteiger partial charge < -0.3 is 8.85 Å². The molecule has 0 aliphatic rings. The monoisotopic (exact) mass is 136 g/mol. The third-order valence-electron chi connectivity index (χ3n) is 0.575. The molecule has 0 heterocycles. The molecule has 0 rings (SSSR count). The molecule has 0 radical (unpaired) electrons. The third kappa shape index (κ3) is 9.46. The molecule has 0 aromatic rings. The summed E-state index contributed by atoms with van der Waals surface area (Å²) in [5, 5.41) is 0. The summed E-state index contributed by atoms with van der Waals surface area (Å²) in [4.78, 5) is 0. The largest absolute Gasteiger partial charge is 0.399 e. The lowest BCUT2D eigenvalue weighted by molar-refractivity contribution is 0.240. The quantitative estimate of drug-likeness (QED) is 0.418. The molecule has 0 bridgehead atoms. The van der Waals surface area contributed by atoms with Gasteiger partial charge in [0.05, 0.1) is 0 Å². The van der Waals surface area contributed by atoms with Crippen molar-refractivity contribution >= 4 is 10.0 Å². The summed E-state index contributed by atoms with van der Waals surface area (Å²) >= 11 is 0. The molecule has 0 aromatic heterocycles. The Kier molecular flexibility index (Phi) is 14.0. The Labute approximate surface area is 54.3 Å². The molecule has 2 nitrogen and oxygen atoms in total. The topological polar surface area (TPSA) is 18.5 Å². The zero-order chi connectivity index (χ0) is 5.54. The Bertz CT molecular complexity index is 29.6. The molecule has 0 aliphatic heterocycles. The Balaban J connectivity index is 0. The van der Waals surface area contributed by atoms with Crippen molar-refractivity contribution in [3.05, 3.63) is 0 Å². The molecule has 0 N–H and O–H groups in total. The molecule has 0 fully saturated rings. The summed E-state index contributed by atoms with van der Waals surface area (Å²) in [6, 6.07) is 0. The zero-order valence-electron chi connectivity index (χ0n) is 4.94. The average molecular weight is 136 g/mol. The fourth-order valence-electron chi connectivity index (χ4n) is 0.226. The van der Waals surface area contributed by atoms with Crippen LogP contribution < -0.4 is 0 Å². The Morgan fingerprint density at radius 1 is 1.12 bits per heavy atom. The maximum atomic E-state index is 4.99. The van der Waals surface area contributed by atoms with Gasteiger partial charge in [-0.05, 0) is 13.8 Å². The maximum absolute atomic E-state index is 4.99. The van der Waals surface area contributed by atoms with Crippen molar-refractivity contribution in [2.75, 3.05) is 13.2 Å². The van der Waals surface area contributed by atoms with Gasteiger partial charge in [0.15, 0.2) is 0 Å². The van der Waals surface area contributed by atoms with Crippen LogP contribution in [-0.2, 0) is 8.85 Å². The first-order valence-corrected chi connectivity index (χ1v) is 3.72. The highest BCUT2D eigenvalue weighted by Crippen LogP contribution is 1.70. The van der Waals surface area contributed by atoms with E-state index >= 15 is 0 Å². The van der Waals surface area contributed by atoms with E-state index in [1.165, 1.54) is 0 Å². The SMILES string of the molecule is C.CCO[SiH2]OCC. The van der Waals surface area contributed by atoms with Gasteiger partial charge in [-0.1, -0.05) is 7.43 Å². The maximum Gasteiger partial charge on any atom is 0.304 e. The predicted molar refractivity (Wildman–Crippen MR) is 38.5 cm³/mol. The van der Waals surface area contributed by atoms with E-state index in [2.05, 4.69) is 0 Å². The normalized spacial score (nSPS) is 8.25. The Hall–Kier alpha value is 0.137. The first-order chi connectivity index (χ1) is 3.41. The van der Waals surface area contributed by atoms with Crippen molar-refractivity contribution in [2.45, 2.75) is 21.3 Å². The van der Waals surface area contributed by atoms with Crippen LogP contribution in [0.2, 0.25) is 0 Å². The van der Waals surface area contributed by atoms with Crippen LogP contribution >= 0.6 is 0 Å². The van der Waals surface area contributed by atoms with E-state index in [1.807, 2.05) is 13.8 Å². The molecule has 52 valence electrons. The van der Waals surface area contributed by atoms with Crippen LogP contribution in [-0.4, -0.2) is 23.2 Å². The van der Waals surface area contributed by atoms with Gasteiger partial charge in [-0.15, -0.1) is 0 Å². The van der Waals surface area contributed by atoms with Crippen LogP contribution in [0.25, 0.3) is 0 Å². The molecule has 0 saturated heterocycles. The fourth-order valence-corrected chi connectivity index (χ4v) is 0.677. The molecule has 0 spiro atoms.